The van der Waals surface area contributed by atoms with E-state index in [1.807, 2.05) is 13.8 Å². The molecule has 2 rings (SSSR count). The van der Waals surface area contributed by atoms with E-state index in [-0.39, 0.29) is 5.75 Å². The SMILES string of the molecule is Cc1cc(N2CCNCC2)c(C)c(O)c1Cl. The van der Waals surface area contributed by atoms with Gasteiger partial charge in [0.15, 0.2) is 0 Å². The molecule has 1 aromatic carbocycles. The number of hydrogen-bond acceptors (Lipinski definition) is 3. The molecule has 2 N–H and O–H groups in total. The standard InChI is InChI=1S/C12H17ClN2O/c1-8-7-10(9(2)12(16)11(8)13)15-5-3-14-4-6-15/h7,14,16H,3-6H2,1-2H3. The number of halogens is 1. The van der Waals surface area contributed by atoms with Crippen LogP contribution in [0.25, 0.3) is 0 Å². The molecule has 16 heavy (non-hydrogen) atoms. The van der Waals surface area contributed by atoms with Gasteiger partial charge in [-0.25, -0.2) is 0 Å². The van der Waals surface area contributed by atoms with E-state index in [0.717, 1.165) is 43.0 Å². The molecule has 0 aromatic heterocycles. The number of hydrogen-bond donors (Lipinski definition) is 2. The van der Waals surface area contributed by atoms with Gasteiger partial charge in [0.25, 0.3) is 0 Å². The first-order chi connectivity index (χ1) is 7.61. The molecule has 1 aliphatic heterocycles. The molecule has 1 aliphatic rings. The van der Waals surface area contributed by atoms with Crippen molar-refractivity contribution in [3.05, 3.63) is 22.2 Å². The highest BCUT2D eigenvalue weighted by molar-refractivity contribution is 6.33. The zero-order valence-corrected chi connectivity index (χ0v) is 10.4. The smallest absolute Gasteiger partial charge is 0.139 e. The minimum Gasteiger partial charge on any atom is -0.506 e. The Hall–Kier alpha value is -0.930. The van der Waals surface area contributed by atoms with Gasteiger partial charge < -0.3 is 15.3 Å². The van der Waals surface area contributed by atoms with E-state index in [0.29, 0.717) is 5.02 Å². The van der Waals surface area contributed by atoms with Crippen LogP contribution in [0.15, 0.2) is 6.07 Å². The Bertz CT molecular complexity index is 400. The third-order valence-electron chi connectivity index (χ3n) is 3.10. The van der Waals surface area contributed by atoms with Crippen LogP contribution in [-0.2, 0) is 0 Å². The third-order valence-corrected chi connectivity index (χ3v) is 3.58. The number of anilines is 1. The lowest BCUT2D eigenvalue weighted by atomic mass is 10.1. The lowest BCUT2D eigenvalue weighted by Crippen LogP contribution is -2.43. The fraction of sp³-hybridized carbons (Fsp3) is 0.500. The normalized spacial score (nSPS) is 16.6. The van der Waals surface area contributed by atoms with E-state index in [1.54, 1.807) is 0 Å². The second-order valence-corrected chi connectivity index (χ2v) is 4.62. The van der Waals surface area contributed by atoms with Crippen molar-refractivity contribution in [3.63, 3.8) is 0 Å². The molecular formula is C12H17ClN2O. The summed E-state index contributed by atoms with van der Waals surface area (Å²) in [5.41, 5.74) is 2.90. The molecule has 0 aliphatic carbocycles. The highest BCUT2D eigenvalue weighted by atomic mass is 35.5. The lowest BCUT2D eigenvalue weighted by Gasteiger charge is -2.31. The van der Waals surface area contributed by atoms with E-state index in [9.17, 15) is 5.11 Å². The van der Waals surface area contributed by atoms with Gasteiger partial charge in [-0.2, -0.15) is 0 Å². The molecular weight excluding hydrogens is 224 g/mol. The van der Waals surface area contributed by atoms with Crippen LogP contribution < -0.4 is 10.2 Å². The monoisotopic (exact) mass is 240 g/mol. The first-order valence-electron chi connectivity index (χ1n) is 5.55. The number of aromatic hydroxyl groups is 1. The van der Waals surface area contributed by atoms with Gasteiger partial charge in [-0.15, -0.1) is 0 Å². The molecule has 0 saturated carbocycles. The van der Waals surface area contributed by atoms with E-state index in [1.165, 1.54) is 0 Å². The topological polar surface area (TPSA) is 35.5 Å². The van der Waals surface area contributed by atoms with Crippen LogP contribution in [0.3, 0.4) is 0 Å². The molecule has 0 spiro atoms. The largest absolute Gasteiger partial charge is 0.506 e. The molecule has 1 aromatic rings. The summed E-state index contributed by atoms with van der Waals surface area (Å²) < 4.78 is 0. The Labute approximate surface area is 101 Å². The predicted molar refractivity (Wildman–Crippen MR) is 67.7 cm³/mol. The lowest BCUT2D eigenvalue weighted by molar-refractivity contribution is 0.470. The fourth-order valence-electron chi connectivity index (χ4n) is 2.08. The van der Waals surface area contributed by atoms with Gasteiger partial charge in [0.05, 0.1) is 5.02 Å². The van der Waals surface area contributed by atoms with Crippen LogP contribution in [-0.4, -0.2) is 31.3 Å². The molecule has 1 heterocycles. The van der Waals surface area contributed by atoms with Crippen molar-refractivity contribution in [1.82, 2.24) is 5.32 Å². The average Bonchev–Trinajstić information content (AvgIpc) is 2.32. The number of benzene rings is 1. The molecule has 0 radical (unpaired) electrons. The zero-order valence-electron chi connectivity index (χ0n) is 9.68. The Morgan fingerprint density at radius 2 is 1.94 bits per heavy atom. The maximum atomic E-state index is 9.92. The Kier molecular flexibility index (Phi) is 3.26. The van der Waals surface area contributed by atoms with Crippen LogP contribution in [0, 0.1) is 13.8 Å². The van der Waals surface area contributed by atoms with Crippen molar-refractivity contribution in [2.24, 2.45) is 0 Å². The minimum atomic E-state index is 0.218. The number of aryl methyl sites for hydroxylation is 1. The van der Waals surface area contributed by atoms with E-state index < -0.39 is 0 Å². The molecule has 1 fully saturated rings. The maximum Gasteiger partial charge on any atom is 0.139 e. The van der Waals surface area contributed by atoms with Gasteiger partial charge in [0, 0.05) is 37.4 Å². The second kappa shape index (κ2) is 4.52. The first kappa shape index (κ1) is 11.6. The molecule has 1 saturated heterocycles. The number of nitrogens with zero attached hydrogens (tertiary/aromatic N) is 1. The van der Waals surface area contributed by atoms with Crippen molar-refractivity contribution in [2.45, 2.75) is 13.8 Å². The van der Waals surface area contributed by atoms with Crippen molar-refractivity contribution < 1.29 is 5.11 Å². The van der Waals surface area contributed by atoms with Crippen LogP contribution in [0.5, 0.6) is 5.75 Å². The van der Waals surface area contributed by atoms with Crippen molar-refractivity contribution in [3.8, 4) is 5.75 Å². The summed E-state index contributed by atoms with van der Waals surface area (Å²) >= 11 is 6.01. The summed E-state index contributed by atoms with van der Waals surface area (Å²) in [6, 6.07) is 2.06. The Balaban J connectivity index is 2.40. The minimum absolute atomic E-state index is 0.218. The molecule has 88 valence electrons. The molecule has 0 unspecified atom stereocenters. The highest BCUT2D eigenvalue weighted by Gasteiger charge is 2.17. The summed E-state index contributed by atoms with van der Waals surface area (Å²) in [4.78, 5) is 2.29. The molecule has 0 atom stereocenters. The first-order valence-corrected chi connectivity index (χ1v) is 5.93. The van der Waals surface area contributed by atoms with Crippen LogP contribution in [0.1, 0.15) is 11.1 Å². The predicted octanol–water partition coefficient (Wildman–Crippen LogP) is 2.07. The van der Waals surface area contributed by atoms with Crippen molar-refractivity contribution >= 4 is 17.3 Å². The summed E-state index contributed by atoms with van der Waals surface area (Å²) in [7, 11) is 0. The summed E-state index contributed by atoms with van der Waals surface area (Å²) in [5.74, 6) is 0.218. The van der Waals surface area contributed by atoms with Crippen LogP contribution in [0.4, 0.5) is 5.69 Å². The number of phenols is 1. The zero-order chi connectivity index (χ0) is 11.7. The van der Waals surface area contributed by atoms with Gasteiger partial charge in [0.1, 0.15) is 5.75 Å². The van der Waals surface area contributed by atoms with Crippen LogP contribution >= 0.6 is 11.6 Å². The van der Waals surface area contributed by atoms with Gasteiger partial charge in [-0.05, 0) is 25.5 Å². The number of rotatable bonds is 1. The molecule has 0 amide bonds. The summed E-state index contributed by atoms with van der Waals surface area (Å²) in [5, 5.41) is 13.7. The maximum absolute atomic E-state index is 9.92. The van der Waals surface area contributed by atoms with Gasteiger partial charge in [-0.3, -0.25) is 0 Å². The average molecular weight is 241 g/mol. The van der Waals surface area contributed by atoms with Crippen molar-refractivity contribution in [2.75, 3.05) is 31.1 Å². The van der Waals surface area contributed by atoms with E-state index in [2.05, 4.69) is 16.3 Å². The number of nitrogens with one attached hydrogen (secondary N) is 1. The highest BCUT2D eigenvalue weighted by Crippen LogP contribution is 2.37. The van der Waals surface area contributed by atoms with E-state index in [4.69, 9.17) is 11.6 Å². The molecule has 0 bridgehead atoms. The second-order valence-electron chi connectivity index (χ2n) is 4.24. The van der Waals surface area contributed by atoms with Crippen molar-refractivity contribution in [1.29, 1.82) is 0 Å². The van der Waals surface area contributed by atoms with Gasteiger partial charge >= 0.3 is 0 Å². The van der Waals surface area contributed by atoms with Crippen LogP contribution in [0.2, 0.25) is 5.02 Å². The summed E-state index contributed by atoms with van der Waals surface area (Å²) in [6.07, 6.45) is 0. The Morgan fingerprint density at radius 1 is 1.31 bits per heavy atom. The fourth-order valence-corrected chi connectivity index (χ4v) is 2.28. The molecule has 3 nitrogen and oxygen atoms in total. The van der Waals surface area contributed by atoms with Gasteiger partial charge in [-0.1, -0.05) is 11.6 Å². The quantitative estimate of drug-likeness (QED) is 0.789. The summed E-state index contributed by atoms with van der Waals surface area (Å²) in [6.45, 7) is 7.76. The third kappa shape index (κ3) is 1.97. The number of phenolic OH excluding ortho intramolecular Hbond substituents is 1. The number of piperazine rings is 1. The molecule has 4 heteroatoms. The Morgan fingerprint density at radius 3 is 2.56 bits per heavy atom. The van der Waals surface area contributed by atoms with E-state index >= 15 is 0 Å². The van der Waals surface area contributed by atoms with Gasteiger partial charge in [0.2, 0.25) is 0 Å².